The molecule has 9 rings (SSSR count). The van der Waals surface area contributed by atoms with Gasteiger partial charge in [0.05, 0.1) is 40.5 Å². The van der Waals surface area contributed by atoms with Crippen molar-refractivity contribution in [2.24, 2.45) is 0 Å². The summed E-state index contributed by atoms with van der Waals surface area (Å²) < 4.78 is 22.4. The average molecular weight is 1690 g/mol. The lowest BCUT2D eigenvalue weighted by Crippen LogP contribution is -2.34. The third kappa shape index (κ3) is 7.39. The molecule has 2 N–H and O–H groups in total. The van der Waals surface area contributed by atoms with E-state index in [0.29, 0.717) is 95.7 Å². The van der Waals surface area contributed by atoms with Crippen LogP contribution in [-0.2, 0) is 10.3 Å². The van der Waals surface area contributed by atoms with Crippen LogP contribution in [0.2, 0.25) is 0 Å². The van der Waals surface area contributed by atoms with Gasteiger partial charge in [-0.15, -0.1) is 0 Å². The molecule has 1 spiro atoms. The van der Waals surface area contributed by atoms with E-state index < -0.39 is 17.5 Å². The fourth-order valence-corrected chi connectivity index (χ4v) is 14.1. The van der Waals surface area contributed by atoms with Gasteiger partial charge in [0.2, 0.25) is 5.43 Å². The molecule has 0 bridgehead atoms. The van der Waals surface area contributed by atoms with Crippen molar-refractivity contribution in [2.45, 2.75) is 13.0 Å². The Hall–Kier alpha value is -1.23. The van der Waals surface area contributed by atoms with Gasteiger partial charge in [-0.3, -0.25) is 4.79 Å². The predicted molar refractivity (Wildman–Crippen MR) is 285 cm³/mol. The van der Waals surface area contributed by atoms with E-state index in [2.05, 4.69) is 45.2 Å². The van der Waals surface area contributed by atoms with Crippen LogP contribution in [0.3, 0.4) is 0 Å². The summed E-state index contributed by atoms with van der Waals surface area (Å²) in [5.74, 6) is -0.545. The first-order chi connectivity index (χ1) is 27.5. The van der Waals surface area contributed by atoms with E-state index in [1.165, 1.54) is 6.07 Å². The van der Waals surface area contributed by atoms with Crippen LogP contribution in [0.5, 0.6) is 28.7 Å². The molecule has 1 aliphatic carbocycles. The third-order valence-corrected chi connectivity index (χ3v) is 16.7. The minimum Gasteiger partial charge on any atom is -0.871 e. The molecule has 0 unspecified atom stereocenters. The molecule has 0 fully saturated rings. The molecule has 18 heteroatoms. The standard InChI is InChI=1S/2C20H8I4O5.CH4/c21-11-5-9-17(13(23)15(11)25)28-18-10(6-12(22)16(26)14(18)24)20(9)8-4-2-1-3-7(8)19(27)29-20;21-11-5-9-13(7-3-1-2-4-8(7)20(27)28)10-6-12(22)17(26)15(24)19(10)29-18(9)14(23)16(11)25;/h1-6,25-26H;1-6,25H,(H,27,28);1H4/p-2. The summed E-state index contributed by atoms with van der Waals surface area (Å²) in [6, 6.07) is 20.8. The van der Waals surface area contributed by atoms with E-state index in [9.17, 15) is 34.8 Å². The van der Waals surface area contributed by atoms with Crippen molar-refractivity contribution in [1.82, 2.24) is 0 Å². The highest BCUT2D eigenvalue weighted by molar-refractivity contribution is 14.1. The van der Waals surface area contributed by atoms with Gasteiger partial charge in [0, 0.05) is 34.8 Å². The third-order valence-electron chi connectivity index (χ3n) is 9.45. The first kappa shape index (κ1) is 45.8. The van der Waals surface area contributed by atoms with Crippen LogP contribution in [-0.4, -0.2) is 22.2 Å². The zero-order valence-corrected chi connectivity index (χ0v) is 45.4. The lowest BCUT2D eigenvalue weighted by Gasteiger charge is -2.37. The molecule has 5 aromatic carbocycles. The lowest BCUT2D eigenvalue weighted by atomic mass is 9.77. The molecule has 3 aliphatic heterocycles. The second-order valence-electron chi connectivity index (χ2n) is 12.6. The Balaban J connectivity index is 0.000000176. The molecule has 5 aromatic rings. The van der Waals surface area contributed by atoms with E-state index in [1.54, 1.807) is 54.6 Å². The van der Waals surface area contributed by atoms with E-state index in [1.807, 2.05) is 148 Å². The number of aromatic hydroxyl groups is 2. The summed E-state index contributed by atoms with van der Waals surface area (Å²) in [6.07, 6.45) is 0. The van der Waals surface area contributed by atoms with Gasteiger partial charge in [-0.25, -0.2) is 4.79 Å². The first-order valence-corrected chi connectivity index (χ1v) is 24.8. The molecule has 0 saturated carbocycles. The summed E-state index contributed by atoms with van der Waals surface area (Å²) >= 11 is 15.9. The molecule has 0 amide bonds. The fraction of sp³-hybridized carbons (Fsp3) is 0.0488. The number of fused-ring (bicyclic) bond motifs is 8. The molecule has 0 aromatic heterocycles. The van der Waals surface area contributed by atoms with Gasteiger partial charge in [-0.1, -0.05) is 55.6 Å². The highest BCUT2D eigenvalue weighted by atomic mass is 127. The summed E-state index contributed by atoms with van der Waals surface area (Å²) in [5.41, 5.74) is 3.07. The van der Waals surface area contributed by atoms with E-state index >= 15 is 0 Å². The second-order valence-corrected chi connectivity index (χ2v) is 21.5. The van der Waals surface area contributed by atoms with Gasteiger partial charge in [-0.2, -0.15) is 0 Å². The number of carbonyl (C=O) groups is 2. The van der Waals surface area contributed by atoms with Crippen molar-refractivity contribution in [3.63, 3.8) is 0 Å². The fourth-order valence-electron chi connectivity index (χ4n) is 6.92. The molecular weight excluding hydrogens is 1670 g/mol. The molecule has 10 nitrogen and oxygen atoms in total. The summed E-state index contributed by atoms with van der Waals surface area (Å²) in [4.78, 5) is 37.2. The number of esters is 1. The van der Waals surface area contributed by atoms with Crippen molar-refractivity contribution in [3.8, 4) is 51.2 Å². The summed E-state index contributed by atoms with van der Waals surface area (Å²) in [5, 5.41) is 45.9. The van der Waals surface area contributed by atoms with Crippen LogP contribution in [0.4, 0.5) is 0 Å². The molecule has 300 valence electrons. The van der Waals surface area contributed by atoms with E-state index in [4.69, 9.17) is 13.9 Å². The molecule has 0 saturated heterocycles. The van der Waals surface area contributed by atoms with E-state index in [-0.39, 0.29) is 35.7 Å². The quantitative estimate of drug-likeness (QED) is 0.0965. The Bertz CT molecular complexity index is 2950. The zero-order valence-electron chi connectivity index (χ0n) is 28.1. The van der Waals surface area contributed by atoms with Crippen LogP contribution >= 0.6 is 181 Å². The number of carboxylic acid groups (broad SMARTS) is 1. The Morgan fingerprint density at radius 3 is 1.80 bits per heavy atom. The maximum atomic E-state index is 12.9. The second kappa shape index (κ2) is 17.4. The van der Waals surface area contributed by atoms with Gasteiger partial charge < -0.3 is 39.1 Å². The minimum absolute atomic E-state index is 0. The number of benzene rings is 6. The minimum atomic E-state index is -1.31. The number of ether oxygens (including phenoxy) is 2. The number of halogens is 8. The molecular formula is C41H18I8O10-2. The Kier molecular flexibility index (Phi) is 13.5. The van der Waals surface area contributed by atoms with Crippen LogP contribution < -0.4 is 20.4 Å². The normalized spacial score (nSPS) is 13.1. The van der Waals surface area contributed by atoms with E-state index in [0.717, 1.165) is 0 Å². The number of phenolic OH excluding ortho intramolecular Hbond substituents is 2. The Labute approximate surface area is 444 Å². The van der Waals surface area contributed by atoms with Gasteiger partial charge >= 0.3 is 5.97 Å². The highest BCUT2D eigenvalue weighted by Crippen LogP contribution is 2.60. The van der Waals surface area contributed by atoms with Crippen molar-refractivity contribution in [3.05, 3.63) is 139 Å². The first-order valence-electron chi connectivity index (χ1n) is 16.2. The Morgan fingerprint density at radius 1 is 0.644 bits per heavy atom. The molecule has 0 radical (unpaired) electrons. The number of carboxylic acids is 1. The highest BCUT2D eigenvalue weighted by Gasteiger charge is 2.55. The zero-order chi connectivity index (χ0) is 41.7. The smallest absolute Gasteiger partial charge is 0.340 e. The number of aromatic carboxylic acids is 1. The molecule has 4 aliphatic rings. The van der Waals surface area contributed by atoms with Crippen molar-refractivity contribution in [1.29, 1.82) is 0 Å². The van der Waals surface area contributed by atoms with Gasteiger partial charge in [0.15, 0.2) is 22.9 Å². The summed E-state index contributed by atoms with van der Waals surface area (Å²) in [6.45, 7) is 0. The lowest BCUT2D eigenvalue weighted by molar-refractivity contribution is -0.270. The summed E-state index contributed by atoms with van der Waals surface area (Å²) in [7, 11) is 0. The number of carbonyl (C=O) groups excluding carboxylic acids is 2. The monoisotopic (exact) mass is 1690 g/mol. The van der Waals surface area contributed by atoms with Gasteiger partial charge in [0.1, 0.15) is 20.7 Å². The van der Waals surface area contributed by atoms with Crippen molar-refractivity contribution < 1.29 is 43.9 Å². The molecule has 0 atom stereocenters. The topological polar surface area (TPSA) is 169 Å². The maximum Gasteiger partial charge on any atom is 0.340 e. The number of rotatable bonds is 2. The van der Waals surface area contributed by atoms with Crippen LogP contribution in [0.15, 0.2) is 82.0 Å². The van der Waals surface area contributed by atoms with Crippen LogP contribution in [0.25, 0.3) is 33.4 Å². The molecule has 59 heavy (non-hydrogen) atoms. The number of phenols is 2. The van der Waals surface area contributed by atoms with Crippen molar-refractivity contribution >= 4 is 204 Å². The van der Waals surface area contributed by atoms with Gasteiger partial charge in [-0.05, 0) is 217 Å². The predicted octanol–water partition coefficient (Wildman–Crippen LogP) is 11.1. The largest absolute Gasteiger partial charge is 0.871 e. The SMILES string of the molecule is C.O=C([O-])c1ccccc1-c1c2cc(I)c(=O)c(I)c-2oc2c(I)c([O-])c(I)cc12.O=C1OC2(c3ccccc31)c1cc(I)c(O)c(I)c1Oc1c2cc(I)c(O)c1I. The molecule has 3 heterocycles. The van der Waals surface area contributed by atoms with Crippen molar-refractivity contribution in [2.75, 3.05) is 0 Å². The average Bonchev–Trinajstić information content (AvgIpc) is 3.50. The Morgan fingerprint density at radius 2 is 1.20 bits per heavy atom. The van der Waals surface area contributed by atoms with Crippen LogP contribution in [0.1, 0.15) is 44.8 Å². The van der Waals surface area contributed by atoms with Crippen LogP contribution in [0, 0.1) is 28.6 Å². The van der Waals surface area contributed by atoms with Gasteiger partial charge in [0.25, 0.3) is 0 Å². The number of hydrogen-bond donors (Lipinski definition) is 2. The maximum absolute atomic E-state index is 12.9. The number of hydrogen-bond acceptors (Lipinski definition) is 10.